The van der Waals surface area contributed by atoms with Crippen molar-refractivity contribution in [2.75, 3.05) is 12.1 Å². The SMILES string of the molecule is Cc1[nH]n(-c2ccccc2)c(=O)c1NC(=O)C=Cc1cc(Cl)c2c(c1)OCO2. The van der Waals surface area contributed by atoms with Gasteiger partial charge in [0.2, 0.25) is 12.7 Å². The summed E-state index contributed by atoms with van der Waals surface area (Å²) in [5, 5.41) is 5.99. The number of hydrogen-bond donors (Lipinski definition) is 2. The van der Waals surface area contributed by atoms with Gasteiger partial charge in [0.15, 0.2) is 11.5 Å². The molecular formula is C20H16ClN3O4. The molecule has 0 radical (unpaired) electrons. The van der Waals surface area contributed by atoms with Gasteiger partial charge < -0.3 is 14.8 Å². The molecule has 4 rings (SSSR count). The highest BCUT2D eigenvalue weighted by Gasteiger charge is 2.18. The fraction of sp³-hybridized carbons (Fsp3) is 0.100. The van der Waals surface area contributed by atoms with Gasteiger partial charge in [-0.1, -0.05) is 29.8 Å². The van der Waals surface area contributed by atoms with Crippen LogP contribution in [0.3, 0.4) is 0 Å². The maximum atomic E-state index is 12.6. The maximum Gasteiger partial charge on any atom is 0.295 e. The van der Waals surface area contributed by atoms with Gasteiger partial charge in [-0.2, -0.15) is 0 Å². The van der Waals surface area contributed by atoms with Gasteiger partial charge in [-0.15, -0.1) is 0 Å². The molecule has 7 nitrogen and oxygen atoms in total. The monoisotopic (exact) mass is 397 g/mol. The van der Waals surface area contributed by atoms with E-state index in [0.29, 0.717) is 33.5 Å². The molecule has 0 fully saturated rings. The Morgan fingerprint density at radius 2 is 2.04 bits per heavy atom. The van der Waals surface area contributed by atoms with E-state index < -0.39 is 5.91 Å². The number of carbonyl (C=O) groups is 1. The third kappa shape index (κ3) is 3.39. The number of aromatic amines is 1. The van der Waals surface area contributed by atoms with Gasteiger partial charge in [0.25, 0.3) is 5.56 Å². The summed E-state index contributed by atoms with van der Waals surface area (Å²) in [5.74, 6) is 0.584. The Morgan fingerprint density at radius 1 is 1.25 bits per heavy atom. The number of halogens is 1. The zero-order chi connectivity index (χ0) is 19.7. The summed E-state index contributed by atoms with van der Waals surface area (Å²) in [6.45, 7) is 1.83. The number of aryl methyl sites for hydroxylation is 1. The third-order valence-corrected chi connectivity index (χ3v) is 4.49. The standard InChI is InChI=1S/C20H16ClN3O4/c1-12-18(20(26)24(23-12)14-5-3-2-4-6-14)22-17(25)8-7-13-9-15(21)19-16(10-13)27-11-28-19/h2-10,23H,11H2,1H3,(H,22,25). The molecule has 0 saturated heterocycles. The molecule has 0 spiro atoms. The van der Waals surface area contributed by atoms with Gasteiger partial charge in [-0.05, 0) is 42.8 Å². The summed E-state index contributed by atoms with van der Waals surface area (Å²) < 4.78 is 11.9. The van der Waals surface area contributed by atoms with Crippen molar-refractivity contribution >= 4 is 29.3 Å². The van der Waals surface area contributed by atoms with E-state index in [4.69, 9.17) is 21.1 Å². The van der Waals surface area contributed by atoms with E-state index in [9.17, 15) is 9.59 Å². The molecule has 2 heterocycles. The minimum Gasteiger partial charge on any atom is -0.454 e. The lowest BCUT2D eigenvalue weighted by molar-refractivity contribution is -0.111. The van der Waals surface area contributed by atoms with E-state index in [-0.39, 0.29) is 18.0 Å². The van der Waals surface area contributed by atoms with Crippen molar-refractivity contribution < 1.29 is 14.3 Å². The molecule has 8 heteroatoms. The third-order valence-electron chi connectivity index (χ3n) is 4.21. The Morgan fingerprint density at radius 3 is 2.82 bits per heavy atom. The number of fused-ring (bicyclic) bond motifs is 1. The topological polar surface area (TPSA) is 85.4 Å². The van der Waals surface area contributed by atoms with Gasteiger partial charge in [-0.3, -0.25) is 14.7 Å². The van der Waals surface area contributed by atoms with E-state index in [1.807, 2.05) is 18.2 Å². The predicted molar refractivity (Wildman–Crippen MR) is 106 cm³/mol. The summed E-state index contributed by atoms with van der Waals surface area (Å²) >= 11 is 6.13. The highest BCUT2D eigenvalue weighted by Crippen LogP contribution is 2.40. The molecule has 28 heavy (non-hydrogen) atoms. The van der Waals surface area contributed by atoms with Crippen molar-refractivity contribution in [3.63, 3.8) is 0 Å². The van der Waals surface area contributed by atoms with Crippen LogP contribution in [0.2, 0.25) is 5.02 Å². The number of nitrogens with one attached hydrogen (secondary N) is 2. The van der Waals surface area contributed by atoms with Gasteiger partial charge >= 0.3 is 0 Å². The van der Waals surface area contributed by atoms with Gasteiger partial charge in [0.1, 0.15) is 5.69 Å². The number of rotatable bonds is 4. The van der Waals surface area contributed by atoms with Crippen molar-refractivity contribution in [1.82, 2.24) is 9.78 Å². The maximum absolute atomic E-state index is 12.6. The lowest BCUT2D eigenvalue weighted by Crippen LogP contribution is -2.20. The molecule has 142 valence electrons. The average molecular weight is 398 g/mol. The van der Waals surface area contributed by atoms with Gasteiger partial charge in [0.05, 0.1) is 16.4 Å². The molecule has 2 aromatic carbocycles. The van der Waals surface area contributed by atoms with Crippen LogP contribution in [0.15, 0.2) is 53.3 Å². The summed E-state index contributed by atoms with van der Waals surface area (Å²) in [4.78, 5) is 24.9. The first-order valence-electron chi connectivity index (χ1n) is 8.48. The highest BCUT2D eigenvalue weighted by atomic mass is 35.5. The van der Waals surface area contributed by atoms with Crippen molar-refractivity contribution in [2.45, 2.75) is 6.92 Å². The number of ether oxygens (including phenoxy) is 2. The number of benzene rings is 2. The number of carbonyl (C=O) groups excluding carboxylic acids is 1. The van der Waals surface area contributed by atoms with E-state index >= 15 is 0 Å². The molecule has 3 aromatic rings. The van der Waals surface area contributed by atoms with E-state index in [2.05, 4.69) is 10.4 Å². The Hall–Kier alpha value is -3.45. The van der Waals surface area contributed by atoms with Crippen LogP contribution in [0.25, 0.3) is 11.8 Å². The van der Waals surface area contributed by atoms with Crippen LogP contribution < -0.4 is 20.3 Å². The Kier molecular flexibility index (Phi) is 4.67. The summed E-state index contributed by atoms with van der Waals surface area (Å²) in [7, 11) is 0. The smallest absolute Gasteiger partial charge is 0.295 e. The Labute approximate surface area is 165 Å². The second kappa shape index (κ2) is 7.28. The van der Waals surface area contributed by atoms with E-state index in [0.717, 1.165) is 0 Å². The zero-order valence-corrected chi connectivity index (χ0v) is 15.6. The molecule has 1 aromatic heterocycles. The van der Waals surface area contributed by atoms with Crippen molar-refractivity contribution in [1.29, 1.82) is 0 Å². The van der Waals surface area contributed by atoms with Gasteiger partial charge in [-0.25, -0.2) is 4.68 Å². The first-order chi connectivity index (χ1) is 13.5. The van der Waals surface area contributed by atoms with E-state index in [1.54, 1.807) is 37.3 Å². The van der Waals surface area contributed by atoms with Gasteiger partial charge in [0, 0.05) is 6.08 Å². The number of hydrogen-bond acceptors (Lipinski definition) is 4. The predicted octanol–water partition coefficient (Wildman–Crippen LogP) is 3.51. The lowest BCUT2D eigenvalue weighted by atomic mass is 10.2. The average Bonchev–Trinajstić information content (AvgIpc) is 3.27. The number of aromatic nitrogens is 2. The lowest BCUT2D eigenvalue weighted by Gasteiger charge is -2.01. The zero-order valence-electron chi connectivity index (χ0n) is 14.9. The Balaban J connectivity index is 1.53. The molecule has 1 aliphatic heterocycles. The van der Waals surface area contributed by atoms with Crippen LogP contribution in [-0.4, -0.2) is 22.5 Å². The van der Waals surface area contributed by atoms with Crippen LogP contribution in [0.4, 0.5) is 5.69 Å². The molecule has 0 saturated carbocycles. The summed E-state index contributed by atoms with van der Waals surface area (Å²) in [6, 6.07) is 12.5. The molecule has 1 aliphatic rings. The molecular weight excluding hydrogens is 382 g/mol. The van der Waals surface area contributed by atoms with Crippen LogP contribution in [0, 0.1) is 6.92 Å². The van der Waals surface area contributed by atoms with Crippen LogP contribution in [-0.2, 0) is 4.79 Å². The minimum absolute atomic E-state index is 0.114. The fourth-order valence-electron chi connectivity index (χ4n) is 2.87. The van der Waals surface area contributed by atoms with Crippen LogP contribution in [0.1, 0.15) is 11.3 Å². The molecule has 0 unspecified atom stereocenters. The second-order valence-corrected chi connectivity index (χ2v) is 6.55. The number of H-pyrrole nitrogens is 1. The first kappa shape index (κ1) is 17.9. The van der Waals surface area contributed by atoms with E-state index in [1.165, 1.54) is 10.8 Å². The minimum atomic E-state index is -0.437. The Bertz CT molecular complexity index is 1130. The summed E-state index contributed by atoms with van der Waals surface area (Å²) in [5.41, 5.74) is 1.78. The number of para-hydroxylation sites is 1. The fourth-order valence-corrected chi connectivity index (χ4v) is 3.15. The van der Waals surface area contributed by atoms with Crippen molar-refractivity contribution in [3.8, 4) is 17.2 Å². The van der Waals surface area contributed by atoms with Crippen LogP contribution >= 0.6 is 11.6 Å². The molecule has 1 amide bonds. The largest absolute Gasteiger partial charge is 0.454 e. The quantitative estimate of drug-likeness (QED) is 0.660. The van der Waals surface area contributed by atoms with Crippen molar-refractivity contribution in [3.05, 3.63) is 75.2 Å². The van der Waals surface area contributed by atoms with Crippen LogP contribution in [0.5, 0.6) is 11.5 Å². The highest BCUT2D eigenvalue weighted by molar-refractivity contribution is 6.32. The molecule has 0 bridgehead atoms. The molecule has 2 N–H and O–H groups in total. The number of anilines is 1. The normalized spacial score (nSPS) is 12.5. The second-order valence-electron chi connectivity index (χ2n) is 6.15. The molecule has 0 aliphatic carbocycles. The first-order valence-corrected chi connectivity index (χ1v) is 8.86. The van der Waals surface area contributed by atoms with Crippen molar-refractivity contribution in [2.24, 2.45) is 0 Å². The summed E-state index contributed by atoms with van der Waals surface area (Å²) in [6.07, 6.45) is 2.91. The number of nitrogens with zero attached hydrogens (tertiary/aromatic N) is 1. The number of amides is 1. The molecule has 0 atom stereocenters.